The van der Waals surface area contributed by atoms with Gasteiger partial charge in [0.1, 0.15) is 0 Å². The molecule has 9 heteroatoms. The number of aromatic nitrogens is 4. The second-order valence-electron chi connectivity index (χ2n) is 7.00. The summed E-state index contributed by atoms with van der Waals surface area (Å²) in [5.74, 6) is 0.623. The highest BCUT2D eigenvalue weighted by Gasteiger charge is 2.18. The van der Waals surface area contributed by atoms with E-state index in [2.05, 4.69) is 32.7 Å². The van der Waals surface area contributed by atoms with E-state index in [1.54, 1.807) is 24.1 Å². The fraction of sp³-hybridized carbons (Fsp3) is 0.182. The molecule has 0 N–H and O–H groups in total. The molecule has 2 aromatic heterocycles. The number of allylic oxidation sites excluding steroid dienone is 1. The first-order valence-corrected chi connectivity index (χ1v) is 11.4. The summed E-state index contributed by atoms with van der Waals surface area (Å²) in [6, 6.07) is 15.2. The van der Waals surface area contributed by atoms with Crippen LogP contribution in [0.5, 0.6) is 0 Å². The van der Waals surface area contributed by atoms with Crippen molar-refractivity contribution in [2.45, 2.75) is 18.2 Å². The van der Waals surface area contributed by atoms with Gasteiger partial charge in [0.05, 0.1) is 16.7 Å². The summed E-state index contributed by atoms with van der Waals surface area (Å²) in [6.45, 7) is 4.58. The number of hydrogen-bond acceptors (Lipinski definition) is 5. The number of carbonyl (C=O) groups excluding carboxylic acids is 1. The third-order valence-electron chi connectivity index (χ3n) is 4.87. The fourth-order valence-electron chi connectivity index (χ4n) is 3.31. The molecule has 0 saturated carbocycles. The Morgan fingerprint density at radius 2 is 1.94 bits per heavy atom. The zero-order valence-corrected chi connectivity index (χ0v) is 19.3. The zero-order chi connectivity index (χ0) is 22.0. The molecule has 31 heavy (non-hydrogen) atoms. The molecule has 0 spiro atoms. The Kier molecular flexibility index (Phi) is 6.24. The van der Waals surface area contributed by atoms with E-state index in [1.165, 1.54) is 16.3 Å². The van der Waals surface area contributed by atoms with Gasteiger partial charge in [0.25, 0.3) is 5.56 Å². The van der Waals surface area contributed by atoms with Crippen molar-refractivity contribution in [1.29, 1.82) is 0 Å². The molecular weight excluding hydrogens is 478 g/mol. The monoisotopic (exact) mass is 497 g/mol. The fourth-order valence-corrected chi connectivity index (χ4v) is 4.45. The molecular formula is C22H20BrN5O2S. The van der Waals surface area contributed by atoms with Crippen molar-refractivity contribution in [3.8, 4) is 0 Å². The predicted octanol–water partition coefficient (Wildman–Crippen LogP) is 3.74. The molecule has 4 rings (SSSR count). The molecule has 0 aliphatic carbocycles. The van der Waals surface area contributed by atoms with Crippen molar-refractivity contribution in [2.24, 2.45) is 0 Å². The van der Waals surface area contributed by atoms with Crippen molar-refractivity contribution in [2.75, 3.05) is 12.8 Å². The summed E-state index contributed by atoms with van der Waals surface area (Å²) in [7, 11) is 1.78. The van der Waals surface area contributed by atoms with Crippen molar-refractivity contribution in [3.05, 3.63) is 81.6 Å². The van der Waals surface area contributed by atoms with Crippen LogP contribution >= 0.6 is 27.7 Å². The Bertz CT molecular complexity index is 1330. The summed E-state index contributed by atoms with van der Waals surface area (Å²) >= 11 is 4.72. The van der Waals surface area contributed by atoms with Gasteiger partial charge in [-0.1, -0.05) is 58.0 Å². The van der Waals surface area contributed by atoms with Gasteiger partial charge in [-0.3, -0.25) is 18.6 Å². The highest BCUT2D eigenvalue weighted by atomic mass is 79.9. The van der Waals surface area contributed by atoms with Gasteiger partial charge in [0.15, 0.2) is 5.16 Å². The molecule has 0 bridgehead atoms. The topological polar surface area (TPSA) is 72.5 Å². The number of para-hydroxylation sites is 1. The van der Waals surface area contributed by atoms with E-state index in [9.17, 15) is 9.59 Å². The van der Waals surface area contributed by atoms with Gasteiger partial charge < -0.3 is 4.90 Å². The molecule has 0 radical (unpaired) electrons. The average Bonchev–Trinajstić information content (AvgIpc) is 3.20. The van der Waals surface area contributed by atoms with Gasteiger partial charge in [-0.05, 0) is 29.8 Å². The molecule has 7 nitrogen and oxygen atoms in total. The second kappa shape index (κ2) is 9.07. The molecule has 0 saturated heterocycles. The van der Waals surface area contributed by atoms with Gasteiger partial charge in [0, 0.05) is 24.6 Å². The van der Waals surface area contributed by atoms with Crippen LogP contribution in [0.1, 0.15) is 5.56 Å². The van der Waals surface area contributed by atoms with E-state index in [1.807, 2.05) is 46.9 Å². The SMILES string of the molecule is C=CCn1c(=O)c2ccccc2n2c(SCC(=O)N(C)Cc3ccc(Br)cc3)nnc12. The molecule has 0 atom stereocenters. The summed E-state index contributed by atoms with van der Waals surface area (Å²) in [5, 5.41) is 9.62. The highest BCUT2D eigenvalue weighted by molar-refractivity contribution is 9.10. The van der Waals surface area contributed by atoms with E-state index < -0.39 is 0 Å². The van der Waals surface area contributed by atoms with Crippen LogP contribution in [0.15, 0.2) is 75.6 Å². The quantitative estimate of drug-likeness (QED) is 0.287. The number of fused-ring (bicyclic) bond motifs is 3. The van der Waals surface area contributed by atoms with E-state index in [4.69, 9.17) is 0 Å². The lowest BCUT2D eigenvalue weighted by Crippen LogP contribution is -2.27. The largest absolute Gasteiger partial charge is 0.341 e. The van der Waals surface area contributed by atoms with Crippen LogP contribution in [0.25, 0.3) is 16.7 Å². The number of benzene rings is 2. The molecule has 4 aromatic rings. The molecule has 0 unspecified atom stereocenters. The maximum absolute atomic E-state index is 12.9. The molecule has 0 aliphatic heterocycles. The summed E-state index contributed by atoms with van der Waals surface area (Å²) in [6.07, 6.45) is 1.65. The molecule has 1 amide bonds. The zero-order valence-electron chi connectivity index (χ0n) is 16.9. The minimum absolute atomic E-state index is 0.0200. The second-order valence-corrected chi connectivity index (χ2v) is 8.86. The Morgan fingerprint density at radius 1 is 1.19 bits per heavy atom. The number of hydrogen-bond donors (Lipinski definition) is 0. The molecule has 2 aromatic carbocycles. The van der Waals surface area contributed by atoms with Crippen LogP contribution < -0.4 is 5.56 Å². The van der Waals surface area contributed by atoms with Crippen molar-refractivity contribution in [1.82, 2.24) is 24.1 Å². The number of amides is 1. The van der Waals surface area contributed by atoms with Crippen LogP contribution in [0, 0.1) is 0 Å². The molecule has 0 aliphatic rings. The van der Waals surface area contributed by atoms with Gasteiger partial charge in [-0.15, -0.1) is 16.8 Å². The minimum atomic E-state index is -0.141. The molecule has 0 fully saturated rings. The van der Waals surface area contributed by atoms with Crippen molar-refractivity contribution >= 4 is 50.3 Å². The number of carbonyl (C=O) groups is 1. The lowest BCUT2D eigenvalue weighted by molar-refractivity contribution is -0.127. The maximum Gasteiger partial charge on any atom is 0.263 e. The van der Waals surface area contributed by atoms with Crippen molar-refractivity contribution < 1.29 is 4.79 Å². The normalized spacial score (nSPS) is 11.2. The van der Waals surface area contributed by atoms with E-state index in [-0.39, 0.29) is 17.2 Å². The Hall–Kier alpha value is -2.91. The average molecular weight is 498 g/mol. The lowest BCUT2D eigenvalue weighted by atomic mass is 10.2. The number of thioether (sulfide) groups is 1. The third kappa shape index (κ3) is 4.28. The third-order valence-corrected chi connectivity index (χ3v) is 6.32. The predicted molar refractivity (Wildman–Crippen MR) is 126 cm³/mol. The van der Waals surface area contributed by atoms with E-state index in [0.29, 0.717) is 34.9 Å². The van der Waals surface area contributed by atoms with Crippen LogP contribution in [0.3, 0.4) is 0 Å². The summed E-state index contributed by atoms with van der Waals surface area (Å²) < 4.78 is 4.36. The standard InChI is InChI=1S/C22H20BrN5O2S/c1-3-12-27-20(30)17-6-4-5-7-18(17)28-21(27)24-25-22(28)31-14-19(29)26(2)13-15-8-10-16(23)11-9-15/h3-11H,1,12-14H2,2H3. The van der Waals surface area contributed by atoms with Gasteiger partial charge in [-0.2, -0.15) is 0 Å². The Balaban J connectivity index is 1.60. The Labute approximate surface area is 191 Å². The van der Waals surface area contributed by atoms with E-state index in [0.717, 1.165) is 10.0 Å². The Morgan fingerprint density at radius 3 is 2.68 bits per heavy atom. The summed E-state index contributed by atoms with van der Waals surface area (Å²) in [4.78, 5) is 27.2. The lowest BCUT2D eigenvalue weighted by Gasteiger charge is -2.17. The van der Waals surface area contributed by atoms with Gasteiger partial charge in [0.2, 0.25) is 11.7 Å². The molecule has 158 valence electrons. The van der Waals surface area contributed by atoms with E-state index >= 15 is 0 Å². The van der Waals surface area contributed by atoms with Crippen LogP contribution in [0.2, 0.25) is 0 Å². The number of halogens is 1. The smallest absolute Gasteiger partial charge is 0.263 e. The first kappa shape index (κ1) is 21.3. The van der Waals surface area contributed by atoms with Crippen LogP contribution in [0.4, 0.5) is 0 Å². The number of rotatable bonds is 7. The first-order chi connectivity index (χ1) is 15.0. The highest BCUT2D eigenvalue weighted by Crippen LogP contribution is 2.22. The van der Waals surface area contributed by atoms with Crippen molar-refractivity contribution in [3.63, 3.8) is 0 Å². The first-order valence-electron chi connectivity index (χ1n) is 9.58. The maximum atomic E-state index is 12.9. The van der Waals surface area contributed by atoms with Gasteiger partial charge in [-0.25, -0.2) is 0 Å². The van der Waals surface area contributed by atoms with Crippen LogP contribution in [-0.2, 0) is 17.9 Å². The summed E-state index contributed by atoms with van der Waals surface area (Å²) in [5.41, 5.74) is 1.62. The number of nitrogens with zero attached hydrogens (tertiary/aromatic N) is 5. The van der Waals surface area contributed by atoms with Gasteiger partial charge >= 0.3 is 0 Å². The van der Waals surface area contributed by atoms with Crippen LogP contribution in [-0.4, -0.2) is 42.8 Å². The minimum Gasteiger partial charge on any atom is -0.341 e. The molecule has 2 heterocycles.